The van der Waals surface area contributed by atoms with Crippen molar-refractivity contribution in [1.29, 1.82) is 0 Å². The molecule has 9 heteroatoms. The number of carbonyl (C=O) groups excluding carboxylic acids is 2. The highest BCUT2D eigenvalue weighted by molar-refractivity contribution is 6.07. The molecule has 0 saturated carbocycles. The fourth-order valence-electron chi connectivity index (χ4n) is 3.16. The van der Waals surface area contributed by atoms with E-state index in [1.54, 1.807) is 25.6 Å². The number of nitrogens with one attached hydrogen (secondary N) is 1. The van der Waals surface area contributed by atoms with Crippen molar-refractivity contribution >= 4 is 28.6 Å². The zero-order valence-corrected chi connectivity index (χ0v) is 16.8. The number of carbonyl (C=O) groups is 2. The van der Waals surface area contributed by atoms with Gasteiger partial charge in [-0.05, 0) is 32.0 Å². The van der Waals surface area contributed by atoms with Crippen LogP contribution < -0.4 is 5.32 Å². The summed E-state index contributed by atoms with van der Waals surface area (Å²) in [6.45, 7) is 3.73. The molecule has 0 radical (unpaired) electrons. The highest BCUT2D eigenvalue weighted by Gasteiger charge is 2.22. The van der Waals surface area contributed by atoms with E-state index in [4.69, 9.17) is 4.74 Å². The van der Waals surface area contributed by atoms with Crippen LogP contribution >= 0.6 is 0 Å². The summed E-state index contributed by atoms with van der Waals surface area (Å²) in [6, 6.07) is 11.6. The van der Waals surface area contributed by atoms with Gasteiger partial charge >= 0.3 is 5.97 Å². The number of benzene rings is 1. The molecule has 0 aliphatic rings. The molecule has 0 atom stereocenters. The summed E-state index contributed by atoms with van der Waals surface area (Å²) >= 11 is 0. The zero-order chi connectivity index (χ0) is 21.3. The second-order valence-electron chi connectivity index (χ2n) is 6.62. The third-order valence-electron chi connectivity index (χ3n) is 4.72. The monoisotopic (exact) mass is 404 g/mol. The molecule has 0 unspecified atom stereocenters. The van der Waals surface area contributed by atoms with Crippen molar-refractivity contribution in [2.75, 3.05) is 11.9 Å². The Kier molecular flexibility index (Phi) is 5.01. The SMILES string of the molecule is CCOC(=O)c1cnn(C)c1NC(=O)c1cnn(-c2ccc3ccccc3n2)c1C. The molecule has 1 aromatic carbocycles. The summed E-state index contributed by atoms with van der Waals surface area (Å²) in [5.74, 6) is -0.0882. The Labute approximate surface area is 172 Å². The van der Waals surface area contributed by atoms with Gasteiger partial charge in [0.25, 0.3) is 5.91 Å². The average molecular weight is 404 g/mol. The van der Waals surface area contributed by atoms with Crippen LogP contribution in [-0.2, 0) is 11.8 Å². The Morgan fingerprint density at radius 3 is 2.63 bits per heavy atom. The van der Waals surface area contributed by atoms with Crippen molar-refractivity contribution < 1.29 is 14.3 Å². The second-order valence-corrected chi connectivity index (χ2v) is 6.62. The first-order chi connectivity index (χ1) is 14.5. The molecule has 3 aromatic heterocycles. The maximum atomic E-state index is 12.9. The number of esters is 1. The van der Waals surface area contributed by atoms with Crippen LogP contribution in [0.1, 0.15) is 33.3 Å². The quantitative estimate of drug-likeness (QED) is 0.513. The molecule has 0 bridgehead atoms. The molecule has 0 aliphatic heterocycles. The average Bonchev–Trinajstić information content (AvgIpc) is 3.30. The van der Waals surface area contributed by atoms with Crippen LogP contribution in [0.2, 0.25) is 0 Å². The minimum absolute atomic E-state index is 0.189. The van der Waals surface area contributed by atoms with Crippen molar-refractivity contribution in [3.05, 3.63) is 65.6 Å². The van der Waals surface area contributed by atoms with Crippen molar-refractivity contribution in [3.63, 3.8) is 0 Å². The normalized spacial score (nSPS) is 10.9. The van der Waals surface area contributed by atoms with Crippen molar-refractivity contribution in [2.45, 2.75) is 13.8 Å². The predicted molar refractivity (Wildman–Crippen MR) is 111 cm³/mol. The standard InChI is InChI=1S/C21H20N6O3/c1-4-30-21(29)16-12-22-26(3)19(16)25-20(28)15-11-23-27(13(15)2)18-10-9-14-7-5-6-8-17(14)24-18/h5-12H,4H2,1-3H3,(H,25,28). The predicted octanol–water partition coefficient (Wildman–Crippen LogP) is 2.89. The van der Waals surface area contributed by atoms with Gasteiger partial charge in [0.2, 0.25) is 0 Å². The van der Waals surface area contributed by atoms with Gasteiger partial charge in [0.05, 0.1) is 35.8 Å². The van der Waals surface area contributed by atoms with E-state index in [0.29, 0.717) is 17.1 Å². The van der Waals surface area contributed by atoms with Crippen LogP contribution in [0.25, 0.3) is 16.7 Å². The Bertz CT molecular complexity index is 1260. The third-order valence-corrected chi connectivity index (χ3v) is 4.72. The van der Waals surface area contributed by atoms with Gasteiger partial charge in [-0.1, -0.05) is 18.2 Å². The molecule has 3 heterocycles. The third kappa shape index (κ3) is 3.41. The van der Waals surface area contributed by atoms with Gasteiger partial charge in [-0.25, -0.2) is 14.5 Å². The molecule has 30 heavy (non-hydrogen) atoms. The molecule has 0 fully saturated rings. The number of ether oxygens (including phenoxy) is 1. The van der Waals surface area contributed by atoms with E-state index in [9.17, 15) is 9.59 Å². The van der Waals surface area contributed by atoms with Crippen molar-refractivity contribution in [3.8, 4) is 5.82 Å². The summed E-state index contributed by atoms with van der Waals surface area (Å²) in [7, 11) is 1.63. The molecular formula is C21H20N6O3. The largest absolute Gasteiger partial charge is 0.462 e. The first kappa shape index (κ1) is 19.3. The molecule has 1 N–H and O–H groups in total. The van der Waals surface area contributed by atoms with E-state index in [1.165, 1.54) is 17.1 Å². The number of hydrogen-bond donors (Lipinski definition) is 1. The van der Waals surface area contributed by atoms with Crippen molar-refractivity contribution in [2.24, 2.45) is 7.05 Å². The number of fused-ring (bicyclic) bond motifs is 1. The van der Waals surface area contributed by atoms with Gasteiger partial charge in [0.15, 0.2) is 5.82 Å². The van der Waals surface area contributed by atoms with E-state index < -0.39 is 11.9 Å². The van der Waals surface area contributed by atoms with Crippen molar-refractivity contribution in [1.82, 2.24) is 24.5 Å². The molecule has 0 spiro atoms. The van der Waals surface area contributed by atoms with Gasteiger partial charge in [-0.2, -0.15) is 10.2 Å². The minimum atomic E-state index is -0.548. The molecule has 9 nitrogen and oxygen atoms in total. The van der Waals surface area contributed by atoms with Crippen LogP contribution in [-0.4, -0.2) is 43.0 Å². The Balaban J connectivity index is 1.63. The number of pyridine rings is 1. The van der Waals surface area contributed by atoms with Crippen LogP contribution in [0.4, 0.5) is 5.82 Å². The molecule has 4 rings (SSSR count). The maximum Gasteiger partial charge on any atom is 0.343 e. The molecule has 0 saturated heterocycles. The number of rotatable bonds is 5. The van der Waals surface area contributed by atoms with Gasteiger partial charge in [-0.15, -0.1) is 0 Å². The fourth-order valence-corrected chi connectivity index (χ4v) is 3.16. The van der Waals surface area contributed by atoms with Crippen LogP contribution in [0, 0.1) is 6.92 Å². The summed E-state index contributed by atoms with van der Waals surface area (Å²) in [4.78, 5) is 29.6. The lowest BCUT2D eigenvalue weighted by Gasteiger charge is -2.09. The van der Waals surface area contributed by atoms with Gasteiger partial charge in [0.1, 0.15) is 11.4 Å². The number of nitrogens with zero attached hydrogens (tertiary/aromatic N) is 5. The summed E-state index contributed by atoms with van der Waals surface area (Å²) in [5, 5.41) is 12.1. The van der Waals surface area contributed by atoms with Crippen LogP contribution in [0.3, 0.4) is 0 Å². The highest BCUT2D eigenvalue weighted by atomic mass is 16.5. The zero-order valence-electron chi connectivity index (χ0n) is 16.8. The molecule has 0 aliphatic carbocycles. The highest BCUT2D eigenvalue weighted by Crippen LogP contribution is 2.20. The summed E-state index contributed by atoms with van der Waals surface area (Å²) in [6.07, 6.45) is 2.84. The molecular weight excluding hydrogens is 384 g/mol. The Morgan fingerprint density at radius 2 is 1.83 bits per heavy atom. The number of hydrogen-bond acceptors (Lipinski definition) is 6. The second kappa shape index (κ2) is 7.78. The van der Waals surface area contributed by atoms with Crippen LogP contribution in [0.5, 0.6) is 0 Å². The first-order valence-corrected chi connectivity index (χ1v) is 9.41. The lowest BCUT2D eigenvalue weighted by Crippen LogP contribution is -2.18. The van der Waals surface area contributed by atoms with E-state index in [2.05, 4.69) is 20.5 Å². The lowest BCUT2D eigenvalue weighted by atomic mass is 10.2. The number of para-hydroxylation sites is 1. The molecule has 1 amide bonds. The number of anilines is 1. The number of amides is 1. The van der Waals surface area contributed by atoms with Gasteiger partial charge in [0, 0.05) is 12.4 Å². The van der Waals surface area contributed by atoms with Crippen LogP contribution in [0.15, 0.2) is 48.8 Å². The topological polar surface area (TPSA) is 104 Å². The van der Waals surface area contributed by atoms with Gasteiger partial charge < -0.3 is 10.1 Å². The maximum absolute atomic E-state index is 12.9. The lowest BCUT2D eigenvalue weighted by molar-refractivity contribution is 0.0527. The fraction of sp³-hybridized carbons (Fsp3) is 0.190. The Hall–Kier alpha value is -4.01. The van der Waals surface area contributed by atoms with E-state index >= 15 is 0 Å². The minimum Gasteiger partial charge on any atom is -0.462 e. The van der Waals surface area contributed by atoms with E-state index in [0.717, 1.165) is 10.9 Å². The number of aryl methyl sites for hydroxylation is 1. The van der Waals surface area contributed by atoms with Gasteiger partial charge in [-0.3, -0.25) is 9.48 Å². The molecule has 152 valence electrons. The van der Waals surface area contributed by atoms with E-state index in [-0.39, 0.29) is 18.0 Å². The molecule has 4 aromatic rings. The summed E-state index contributed by atoms with van der Waals surface area (Å²) in [5.41, 5.74) is 2.01. The Morgan fingerprint density at radius 1 is 1.07 bits per heavy atom. The van der Waals surface area contributed by atoms with E-state index in [1.807, 2.05) is 36.4 Å². The number of aromatic nitrogens is 5. The summed E-state index contributed by atoms with van der Waals surface area (Å²) < 4.78 is 8.04. The first-order valence-electron chi connectivity index (χ1n) is 9.41. The smallest absolute Gasteiger partial charge is 0.343 e.